The zero-order valence-electron chi connectivity index (χ0n) is 19.2. The van der Waals surface area contributed by atoms with E-state index in [1.165, 1.54) is 9.13 Å². The Morgan fingerprint density at radius 2 is 1.94 bits per heavy atom. The summed E-state index contributed by atoms with van der Waals surface area (Å²) in [6.07, 6.45) is 6.50. The van der Waals surface area contributed by atoms with Crippen LogP contribution >= 0.6 is 0 Å². The number of imidazole rings is 1. The van der Waals surface area contributed by atoms with Gasteiger partial charge in [0.1, 0.15) is 17.2 Å². The molecule has 1 aliphatic rings. The molecule has 1 aromatic carbocycles. The third-order valence-electron chi connectivity index (χ3n) is 6.89. The highest BCUT2D eigenvalue weighted by Gasteiger charge is 2.28. The zero-order chi connectivity index (χ0) is 23.8. The Morgan fingerprint density at radius 3 is 2.71 bits per heavy atom. The van der Waals surface area contributed by atoms with Gasteiger partial charge in [0.05, 0.1) is 24.2 Å². The van der Waals surface area contributed by atoms with E-state index in [2.05, 4.69) is 10.3 Å². The molecule has 1 fully saturated rings. The molecule has 1 aliphatic carbocycles. The first-order valence-corrected chi connectivity index (χ1v) is 11.5. The van der Waals surface area contributed by atoms with Crippen molar-refractivity contribution in [1.29, 1.82) is 0 Å². The van der Waals surface area contributed by atoms with Crippen molar-refractivity contribution in [2.24, 2.45) is 18.9 Å². The number of hydrogen-bond acceptors (Lipinski definition) is 5. The molecule has 0 spiro atoms. The number of ether oxygens (including phenoxy) is 1. The number of amides is 1. The van der Waals surface area contributed by atoms with E-state index in [1.807, 2.05) is 28.8 Å². The van der Waals surface area contributed by atoms with Crippen LogP contribution in [0.1, 0.15) is 25.7 Å². The summed E-state index contributed by atoms with van der Waals surface area (Å²) < 4.78 is 9.93. The van der Waals surface area contributed by atoms with Crippen molar-refractivity contribution >= 4 is 28.3 Å². The van der Waals surface area contributed by atoms with Crippen LogP contribution < -0.4 is 21.3 Å². The molecule has 176 valence electrons. The van der Waals surface area contributed by atoms with Crippen molar-refractivity contribution in [1.82, 2.24) is 18.5 Å². The van der Waals surface area contributed by atoms with Crippen molar-refractivity contribution in [2.75, 3.05) is 12.4 Å². The third-order valence-corrected chi connectivity index (χ3v) is 6.89. The number of nitrogens with one attached hydrogen (secondary N) is 1. The van der Waals surface area contributed by atoms with E-state index < -0.39 is 0 Å². The smallest absolute Gasteiger partial charge is 0.331 e. The predicted molar refractivity (Wildman–Crippen MR) is 129 cm³/mol. The van der Waals surface area contributed by atoms with E-state index in [-0.39, 0.29) is 29.0 Å². The Kier molecular flexibility index (Phi) is 5.69. The van der Waals surface area contributed by atoms with Gasteiger partial charge in [0.15, 0.2) is 0 Å². The van der Waals surface area contributed by atoms with Gasteiger partial charge in [-0.05, 0) is 61.9 Å². The summed E-state index contributed by atoms with van der Waals surface area (Å²) in [5.74, 6) is 1.27. The molecular weight excluding hydrogens is 434 g/mol. The second-order valence-corrected chi connectivity index (χ2v) is 8.92. The summed E-state index contributed by atoms with van der Waals surface area (Å²) in [4.78, 5) is 43.2. The number of aromatic nitrogens is 4. The number of hydrogen-bond donors (Lipinski definition) is 1. The van der Waals surface area contributed by atoms with Gasteiger partial charge < -0.3 is 10.1 Å². The van der Waals surface area contributed by atoms with Gasteiger partial charge in [0.25, 0.3) is 5.56 Å². The number of fused-ring (bicyclic) bond motifs is 2. The van der Waals surface area contributed by atoms with Gasteiger partial charge in [0.2, 0.25) is 5.91 Å². The third kappa shape index (κ3) is 3.87. The molecule has 0 saturated heterocycles. The van der Waals surface area contributed by atoms with Crippen LogP contribution in [0.3, 0.4) is 0 Å². The Morgan fingerprint density at radius 1 is 1.15 bits per heavy atom. The molecule has 1 saturated carbocycles. The fraction of sp³-hybridized carbons (Fsp3) is 0.360. The van der Waals surface area contributed by atoms with Crippen LogP contribution in [0.2, 0.25) is 0 Å². The van der Waals surface area contributed by atoms with Crippen molar-refractivity contribution < 1.29 is 9.53 Å². The second-order valence-electron chi connectivity index (χ2n) is 8.92. The lowest BCUT2D eigenvalue weighted by atomic mass is 9.81. The summed E-state index contributed by atoms with van der Waals surface area (Å²) in [5, 5.41) is 3.46. The largest absolute Gasteiger partial charge is 0.497 e. The molecule has 0 radical (unpaired) electrons. The van der Waals surface area contributed by atoms with E-state index in [0.717, 1.165) is 18.5 Å². The maximum atomic E-state index is 13.1. The predicted octanol–water partition coefficient (Wildman–Crippen LogP) is 2.80. The van der Waals surface area contributed by atoms with Gasteiger partial charge in [-0.1, -0.05) is 6.07 Å². The summed E-state index contributed by atoms with van der Waals surface area (Å²) in [5.41, 5.74) is 0.737. The Labute approximate surface area is 195 Å². The minimum atomic E-state index is -0.324. The maximum Gasteiger partial charge on any atom is 0.331 e. The highest BCUT2D eigenvalue weighted by atomic mass is 16.5. The number of benzene rings is 1. The monoisotopic (exact) mass is 461 g/mol. The second kappa shape index (κ2) is 8.81. The standard InChI is InChI=1S/C25H27N5O4/c1-28-20-11-10-18(34-2)13-19(20)24(32)30(25(28)33)15-16-6-8-17(9-7-16)23(31)27-22-14-26-21-5-3-4-12-29(21)22/h3-5,10-14,16-17H,6-9,15H2,1-2H3,(H,27,31). The molecule has 3 aromatic heterocycles. The molecule has 3 heterocycles. The number of methoxy groups -OCH3 is 1. The lowest BCUT2D eigenvalue weighted by Gasteiger charge is -2.28. The number of pyridine rings is 1. The molecular formula is C25H27N5O4. The molecule has 34 heavy (non-hydrogen) atoms. The van der Waals surface area contributed by atoms with Crippen molar-refractivity contribution in [3.05, 3.63) is 69.6 Å². The minimum Gasteiger partial charge on any atom is -0.497 e. The topological polar surface area (TPSA) is 99.6 Å². The van der Waals surface area contributed by atoms with Crippen LogP contribution in [0, 0.1) is 11.8 Å². The SMILES string of the molecule is COc1ccc2c(c1)c(=O)n(CC1CCC(C(=O)Nc3cnc4ccccn34)CC1)c(=O)n2C. The minimum absolute atomic E-state index is 0.0185. The van der Waals surface area contributed by atoms with Gasteiger partial charge in [-0.2, -0.15) is 0 Å². The molecule has 5 rings (SSSR count). The first kappa shape index (κ1) is 21.9. The molecule has 0 bridgehead atoms. The van der Waals surface area contributed by atoms with Crippen LogP contribution in [-0.2, 0) is 18.4 Å². The molecule has 1 N–H and O–H groups in total. The van der Waals surface area contributed by atoms with Gasteiger partial charge in [-0.25, -0.2) is 9.78 Å². The first-order valence-electron chi connectivity index (χ1n) is 11.5. The quantitative estimate of drug-likeness (QED) is 0.493. The van der Waals surface area contributed by atoms with Crippen molar-refractivity contribution in [3.63, 3.8) is 0 Å². The van der Waals surface area contributed by atoms with Crippen molar-refractivity contribution in [3.8, 4) is 5.75 Å². The van der Waals surface area contributed by atoms with E-state index in [4.69, 9.17) is 4.74 Å². The Balaban J connectivity index is 1.29. The molecule has 4 aromatic rings. The maximum absolute atomic E-state index is 13.1. The normalized spacial score (nSPS) is 18.3. The lowest BCUT2D eigenvalue weighted by Crippen LogP contribution is -2.41. The van der Waals surface area contributed by atoms with E-state index in [9.17, 15) is 14.4 Å². The fourth-order valence-corrected chi connectivity index (χ4v) is 4.90. The van der Waals surface area contributed by atoms with Crippen LogP contribution in [0.25, 0.3) is 16.6 Å². The lowest BCUT2D eigenvalue weighted by molar-refractivity contribution is -0.121. The molecule has 0 aliphatic heterocycles. The first-order chi connectivity index (χ1) is 16.5. The zero-order valence-corrected chi connectivity index (χ0v) is 19.2. The van der Waals surface area contributed by atoms with E-state index in [0.29, 0.717) is 41.9 Å². The van der Waals surface area contributed by atoms with Gasteiger partial charge in [-0.3, -0.25) is 23.1 Å². The number of carbonyl (C=O) groups is 1. The number of aryl methyl sites for hydroxylation is 1. The molecule has 1 amide bonds. The highest BCUT2D eigenvalue weighted by Crippen LogP contribution is 2.30. The van der Waals surface area contributed by atoms with E-state index in [1.54, 1.807) is 38.6 Å². The highest BCUT2D eigenvalue weighted by molar-refractivity contribution is 5.92. The average molecular weight is 462 g/mol. The summed E-state index contributed by atoms with van der Waals surface area (Å²) in [7, 11) is 3.22. The van der Waals surface area contributed by atoms with Gasteiger partial charge in [0, 0.05) is 25.7 Å². The van der Waals surface area contributed by atoms with Crippen LogP contribution in [0.4, 0.5) is 5.82 Å². The Hall–Kier alpha value is -3.88. The van der Waals surface area contributed by atoms with Crippen molar-refractivity contribution in [2.45, 2.75) is 32.2 Å². The number of rotatable bonds is 5. The van der Waals surface area contributed by atoms with Crippen LogP contribution in [0.5, 0.6) is 5.75 Å². The number of nitrogens with zero attached hydrogens (tertiary/aromatic N) is 4. The molecule has 9 heteroatoms. The number of anilines is 1. The van der Waals surface area contributed by atoms with Crippen LogP contribution in [-0.4, -0.2) is 31.5 Å². The molecule has 0 atom stereocenters. The fourth-order valence-electron chi connectivity index (χ4n) is 4.90. The molecule has 0 unspecified atom stereocenters. The average Bonchev–Trinajstić information content (AvgIpc) is 3.28. The summed E-state index contributed by atoms with van der Waals surface area (Å²) >= 11 is 0. The van der Waals surface area contributed by atoms with Crippen LogP contribution in [0.15, 0.2) is 58.4 Å². The molecule has 9 nitrogen and oxygen atoms in total. The number of carbonyl (C=O) groups excluding carboxylic acids is 1. The van der Waals surface area contributed by atoms with Gasteiger partial charge >= 0.3 is 5.69 Å². The summed E-state index contributed by atoms with van der Waals surface area (Å²) in [6.45, 7) is 0.347. The van der Waals surface area contributed by atoms with Gasteiger partial charge in [-0.15, -0.1) is 0 Å². The van der Waals surface area contributed by atoms with E-state index >= 15 is 0 Å². The summed E-state index contributed by atoms with van der Waals surface area (Å²) in [6, 6.07) is 10.8. The Bertz CT molecular complexity index is 1490.